The smallest absolute Gasteiger partial charge is 0.197 e. The van der Waals surface area contributed by atoms with E-state index in [-0.39, 0.29) is 0 Å². The number of aromatic nitrogens is 3. The lowest BCUT2D eigenvalue weighted by atomic mass is 10.2. The van der Waals surface area contributed by atoms with Crippen LogP contribution in [0.4, 0.5) is 0 Å². The van der Waals surface area contributed by atoms with Gasteiger partial charge in [0.15, 0.2) is 10.3 Å². The van der Waals surface area contributed by atoms with Crippen LogP contribution in [0.2, 0.25) is 0 Å². The summed E-state index contributed by atoms with van der Waals surface area (Å²) in [5.74, 6) is 0.852. The molecule has 1 heterocycles. The lowest BCUT2D eigenvalue weighted by Gasteiger charge is -2.10. The van der Waals surface area contributed by atoms with Gasteiger partial charge >= 0.3 is 0 Å². The molecule has 0 saturated heterocycles. The molecule has 0 spiro atoms. The van der Waals surface area contributed by atoms with Gasteiger partial charge in [0.25, 0.3) is 0 Å². The van der Waals surface area contributed by atoms with Crippen molar-refractivity contribution in [2.45, 2.75) is 26.6 Å². The van der Waals surface area contributed by atoms with Crippen LogP contribution < -0.4 is 4.74 Å². The third-order valence-corrected chi connectivity index (χ3v) is 6.07. The standard InChI is InChI=1S/C22H19N3OS2/c1-26-18-14-12-17(13-15-18)16-25-21(27-19-8-4-2-5-9-19)23-24-22(25)28-20-10-6-3-7-11-20/h2-15H,16H2,1H3. The molecule has 140 valence electrons. The Kier molecular flexibility index (Phi) is 5.99. The minimum Gasteiger partial charge on any atom is -0.497 e. The maximum atomic E-state index is 5.27. The number of rotatable bonds is 7. The van der Waals surface area contributed by atoms with Crippen LogP contribution in [0, 0.1) is 0 Å². The van der Waals surface area contributed by atoms with Gasteiger partial charge < -0.3 is 4.74 Å². The fourth-order valence-electron chi connectivity index (χ4n) is 2.66. The minimum absolute atomic E-state index is 0.696. The molecule has 0 saturated carbocycles. The second-order valence-corrected chi connectivity index (χ2v) is 8.11. The maximum Gasteiger partial charge on any atom is 0.197 e. The summed E-state index contributed by atoms with van der Waals surface area (Å²) in [5.41, 5.74) is 1.17. The Labute approximate surface area is 173 Å². The van der Waals surface area contributed by atoms with Crippen molar-refractivity contribution in [1.29, 1.82) is 0 Å². The molecule has 0 aliphatic carbocycles. The first-order valence-electron chi connectivity index (χ1n) is 8.84. The summed E-state index contributed by atoms with van der Waals surface area (Å²) in [6.45, 7) is 0.696. The first-order valence-corrected chi connectivity index (χ1v) is 10.5. The van der Waals surface area contributed by atoms with Crippen molar-refractivity contribution in [3.05, 3.63) is 90.5 Å². The molecular formula is C22H19N3OS2. The van der Waals surface area contributed by atoms with Crippen LogP contribution >= 0.6 is 23.5 Å². The highest BCUT2D eigenvalue weighted by molar-refractivity contribution is 7.99. The van der Waals surface area contributed by atoms with Gasteiger partial charge in [0.2, 0.25) is 0 Å². The van der Waals surface area contributed by atoms with Gasteiger partial charge in [0.05, 0.1) is 13.7 Å². The average Bonchev–Trinajstić information content (AvgIpc) is 3.11. The van der Waals surface area contributed by atoms with Crippen LogP contribution in [0.5, 0.6) is 5.75 Å². The Morgan fingerprint density at radius 2 is 1.21 bits per heavy atom. The van der Waals surface area contributed by atoms with Gasteiger partial charge in [-0.3, -0.25) is 4.57 Å². The van der Waals surface area contributed by atoms with Crippen LogP contribution in [-0.4, -0.2) is 21.9 Å². The Bertz CT molecular complexity index is 960. The van der Waals surface area contributed by atoms with Crippen molar-refractivity contribution in [2.75, 3.05) is 7.11 Å². The Morgan fingerprint density at radius 3 is 1.68 bits per heavy atom. The second-order valence-electron chi connectivity index (χ2n) is 6.03. The molecule has 0 atom stereocenters. The summed E-state index contributed by atoms with van der Waals surface area (Å²) in [6, 6.07) is 28.6. The fraction of sp³-hybridized carbons (Fsp3) is 0.0909. The van der Waals surface area contributed by atoms with E-state index in [9.17, 15) is 0 Å². The molecule has 0 amide bonds. The van der Waals surface area contributed by atoms with E-state index in [1.165, 1.54) is 5.56 Å². The van der Waals surface area contributed by atoms with E-state index in [2.05, 4.69) is 51.2 Å². The van der Waals surface area contributed by atoms with Gasteiger partial charge in [0, 0.05) is 9.79 Å². The van der Waals surface area contributed by atoms with E-state index < -0.39 is 0 Å². The first kappa shape index (κ1) is 18.7. The molecule has 0 radical (unpaired) electrons. The van der Waals surface area contributed by atoms with Crippen molar-refractivity contribution < 1.29 is 4.74 Å². The molecular weight excluding hydrogens is 386 g/mol. The highest BCUT2D eigenvalue weighted by Gasteiger charge is 2.15. The lowest BCUT2D eigenvalue weighted by Crippen LogP contribution is -2.03. The largest absolute Gasteiger partial charge is 0.497 e. The Hall–Kier alpha value is -2.70. The molecule has 3 aromatic carbocycles. The molecule has 0 bridgehead atoms. The van der Waals surface area contributed by atoms with Crippen molar-refractivity contribution in [3.63, 3.8) is 0 Å². The normalized spacial score (nSPS) is 10.8. The van der Waals surface area contributed by atoms with Crippen molar-refractivity contribution in [1.82, 2.24) is 14.8 Å². The van der Waals surface area contributed by atoms with E-state index in [0.717, 1.165) is 25.9 Å². The fourth-order valence-corrected chi connectivity index (χ4v) is 4.41. The minimum atomic E-state index is 0.696. The van der Waals surface area contributed by atoms with Crippen molar-refractivity contribution in [2.24, 2.45) is 0 Å². The van der Waals surface area contributed by atoms with Gasteiger partial charge in [0.1, 0.15) is 5.75 Å². The summed E-state index contributed by atoms with van der Waals surface area (Å²) in [5, 5.41) is 10.7. The topological polar surface area (TPSA) is 39.9 Å². The Balaban J connectivity index is 1.65. The van der Waals surface area contributed by atoms with Gasteiger partial charge in [-0.05, 0) is 65.5 Å². The summed E-state index contributed by atoms with van der Waals surface area (Å²) >= 11 is 3.25. The predicted octanol–water partition coefficient (Wildman–Crippen LogP) is 5.64. The molecule has 0 aliphatic rings. The predicted molar refractivity (Wildman–Crippen MR) is 113 cm³/mol. The maximum absolute atomic E-state index is 5.27. The zero-order valence-corrected chi connectivity index (χ0v) is 17.0. The summed E-state index contributed by atoms with van der Waals surface area (Å²) in [4.78, 5) is 2.28. The van der Waals surface area contributed by atoms with E-state index in [4.69, 9.17) is 4.74 Å². The number of hydrogen-bond donors (Lipinski definition) is 0. The third kappa shape index (κ3) is 4.58. The molecule has 4 aromatic rings. The molecule has 0 unspecified atom stereocenters. The van der Waals surface area contributed by atoms with Crippen LogP contribution in [0.25, 0.3) is 0 Å². The third-order valence-electron chi connectivity index (χ3n) is 4.09. The van der Waals surface area contributed by atoms with E-state index in [1.807, 2.05) is 48.5 Å². The summed E-state index contributed by atoms with van der Waals surface area (Å²) in [7, 11) is 1.68. The van der Waals surface area contributed by atoms with Crippen LogP contribution in [0.1, 0.15) is 5.56 Å². The van der Waals surface area contributed by atoms with Crippen LogP contribution in [-0.2, 0) is 6.54 Å². The van der Waals surface area contributed by atoms with Gasteiger partial charge in [-0.15, -0.1) is 10.2 Å². The van der Waals surface area contributed by atoms with E-state index in [1.54, 1.807) is 30.6 Å². The molecule has 28 heavy (non-hydrogen) atoms. The molecule has 0 N–H and O–H groups in total. The molecule has 0 aliphatic heterocycles. The zero-order chi connectivity index (χ0) is 19.2. The number of methoxy groups -OCH3 is 1. The molecule has 4 rings (SSSR count). The molecule has 0 fully saturated rings. The van der Waals surface area contributed by atoms with Gasteiger partial charge in [-0.25, -0.2) is 0 Å². The van der Waals surface area contributed by atoms with Crippen LogP contribution in [0.3, 0.4) is 0 Å². The summed E-state index contributed by atoms with van der Waals surface area (Å²) in [6.07, 6.45) is 0. The van der Waals surface area contributed by atoms with Gasteiger partial charge in [-0.1, -0.05) is 48.5 Å². The SMILES string of the molecule is COc1ccc(Cn2c(Sc3ccccc3)nnc2Sc2ccccc2)cc1. The lowest BCUT2D eigenvalue weighted by molar-refractivity contribution is 0.414. The van der Waals surface area contributed by atoms with Crippen molar-refractivity contribution >= 4 is 23.5 Å². The summed E-state index contributed by atoms with van der Waals surface area (Å²) < 4.78 is 7.43. The number of benzene rings is 3. The number of hydrogen-bond acceptors (Lipinski definition) is 5. The first-order chi connectivity index (χ1) is 13.8. The van der Waals surface area contributed by atoms with Gasteiger partial charge in [-0.2, -0.15) is 0 Å². The number of ether oxygens (including phenoxy) is 1. The quantitative estimate of drug-likeness (QED) is 0.398. The number of nitrogens with zero attached hydrogens (tertiary/aromatic N) is 3. The zero-order valence-electron chi connectivity index (χ0n) is 15.4. The highest BCUT2D eigenvalue weighted by Crippen LogP contribution is 2.32. The molecule has 6 heteroatoms. The second kappa shape index (κ2) is 8.99. The molecule has 4 nitrogen and oxygen atoms in total. The monoisotopic (exact) mass is 405 g/mol. The Morgan fingerprint density at radius 1 is 0.714 bits per heavy atom. The highest BCUT2D eigenvalue weighted by atomic mass is 32.2. The average molecular weight is 406 g/mol. The van der Waals surface area contributed by atoms with E-state index in [0.29, 0.717) is 6.54 Å². The van der Waals surface area contributed by atoms with Crippen LogP contribution in [0.15, 0.2) is 105 Å². The molecule has 1 aromatic heterocycles. The van der Waals surface area contributed by atoms with E-state index >= 15 is 0 Å². The van der Waals surface area contributed by atoms with Crippen molar-refractivity contribution in [3.8, 4) is 5.75 Å².